The summed E-state index contributed by atoms with van der Waals surface area (Å²) in [6.07, 6.45) is 9.46. The van der Waals surface area contributed by atoms with Crippen LogP contribution < -0.4 is 0 Å². The van der Waals surface area contributed by atoms with Crippen molar-refractivity contribution in [1.29, 1.82) is 0 Å². The van der Waals surface area contributed by atoms with Crippen LogP contribution in [0.5, 0.6) is 0 Å². The van der Waals surface area contributed by atoms with Crippen LogP contribution in [0.4, 0.5) is 0 Å². The van der Waals surface area contributed by atoms with Gasteiger partial charge in [0.25, 0.3) is 0 Å². The van der Waals surface area contributed by atoms with Crippen LogP contribution in [-0.2, 0) is 9.47 Å². The van der Waals surface area contributed by atoms with Crippen LogP contribution in [0.15, 0.2) is 48.6 Å². The largest absolute Gasteiger partial charge is 0.345 e. The summed E-state index contributed by atoms with van der Waals surface area (Å²) in [7, 11) is 0. The molecule has 0 aliphatic rings. The Morgan fingerprint density at radius 1 is 1.06 bits per heavy atom. The van der Waals surface area contributed by atoms with Crippen molar-refractivity contribution < 1.29 is 9.47 Å². The molecule has 0 atom stereocenters. The maximum Gasteiger partial charge on any atom is 0.177 e. The third-order valence-electron chi connectivity index (χ3n) is 2.27. The van der Waals surface area contributed by atoms with Gasteiger partial charge < -0.3 is 9.47 Å². The molecule has 0 aromatic carbocycles. The third kappa shape index (κ3) is 10.1. The molecule has 0 unspecified atom stereocenters. The van der Waals surface area contributed by atoms with Crippen molar-refractivity contribution in [2.45, 2.75) is 39.9 Å². The Hall–Kier alpha value is -1.12. The fourth-order valence-corrected chi connectivity index (χ4v) is 1.37. The second-order valence-electron chi connectivity index (χ2n) is 4.45. The Morgan fingerprint density at radius 3 is 2.06 bits per heavy atom. The van der Waals surface area contributed by atoms with Crippen LogP contribution in [0.2, 0.25) is 0 Å². The van der Waals surface area contributed by atoms with Gasteiger partial charge in [-0.3, -0.25) is 0 Å². The monoisotopic (exact) mass is 250 g/mol. The highest BCUT2D eigenvalue weighted by atomic mass is 16.7. The molecule has 0 N–H and O–H groups in total. The molecule has 0 radical (unpaired) electrons. The normalized spacial score (nSPS) is 11.4. The average Bonchev–Trinajstić information content (AvgIpc) is 2.32. The Kier molecular flexibility index (Phi) is 10.3. The number of hydrogen-bond acceptors (Lipinski definition) is 2. The van der Waals surface area contributed by atoms with Crippen molar-refractivity contribution in [3.05, 3.63) is 48.6 Å². The van der Waals surface area contributed by atoms with Crippen molar-refractivity contribution in [3.8, 4) is 0 Å². The minimum atomic E-state index is -0.312. The molecule has 102 valence electrons. The lowest BCUT2D eigenvalue weighted by Gasteiger charge is -2.14. The van der Waals surface area contributed by atoms with E-state index in [4.69, 9.17) is 9.47 Å². The fourth-order valence-electron chi connectivity index (χ4n) is 1.37. The quantitative estimate of drug-likeness (QED) is 0.422. The lowest BCUT2D eigenvalue weighted by molar-refractivity contribution is -0.0939. The molecule has 0 rings (SSSR count). The highest BCUT2D eigenvalue weighted by Gasteiger charge is 2.04. The van der Waals surface area contributed by atoms with E-state index >= 15 is 0 Å². The lowest BCUT2D eigenvalue weighted by atomic mass is 10.1. The molecule has 0 aromatic rings. The van der Waals surface area contributed by atoms with Gasteiger partial charge in [-0.2, -0.15) is 0 Å². The fraction of sp³-hybridized carbons (Fsp3) is 0.500. The second-order valence-corrected chi connectivity index (χ2v) is 4.45. The second kappa shape index (κ2) is 11.0. The van der Waals surface area contributed by atoms with Crippen molar-refractivity contribution >= 4 is 0 Å². The van der Waals surface area contributed by atoms with Crippen molar-refractivity contribution in [3.63, 3.8) is 0 Å². The van der Waals surface area contributed by atoms with Gasteiger partial charge in [-0.1, -0.05) is 29.4 Å². The summed E-state index contributed by atoms with van der Waals surface area (Å²) in [6, 6.07) is 0. The Balaban J connectivity index is 4.26. The van der Waals surface area contributed by atoms with Crippen LogP contribution in [0.1, 0.15) is 33.6 Å². The van der Waals surface area contributed by atoms with E-state index in [0.717, 1.165) is 12.8 Å². The molecule has 0 fully saturated rings. The molecule has 2 nitrogen and oxygen atoms in total. The summed E-state index contributed by atoms with van der Waals surface area (Å²) in [5, 5.41) is 0. The Morgan fingerprint density at radius 2 is 1.61 bits per heavy atom. The maximum atomic E-state index is 5.51. The summed E-state index contributed by atoms with van der Waals surface area (Å²) < 4.78 is 11.0. The highest BCUT2D eigenvalue weighted by Crippen LogP contribution is 2.10. The summed E-state index contributed by atoms with van der Waals surface area (Å²) in [6.45, 7) is 14.6. The summed E-state index contributed by atoms with van der Waals surface area (Å²) in [4.78, 5) is 0. The summed E-state index contributed by atoms with van der Waals surface area (Å²) in [5.41, 5.74) is 2.62. The van der Waals surface area contributed by atoms with E-state index in [1.807, 2.05) is 6.08 Å². The number of allylic oxidation sites excluding steroid dienone is 3. The van der Waals surface area contributed by atoms with Gasteiger partial charge >= 0.3 is 0 Å². The van der Waals surface area contributed by atoms with E-state index < -0.39 is 0 Å². The number of hydrogen-bond donors (Lipinski definition) is 0. The first kappa shape index (κ1) is 16.9. The van der Waals surface area contributed by atoms with Crippen LogP contribution in [0.25, 0.3) is 0 Å². The van der Waals surface area contributed by atoms with Crippen molar-refractivity contribution in [2.75, 3.05) is 13.2 Å². The van der Waals surface area contributed by atoms with E-state index in [0.29, 0.717) is 13.2 Å². The zero-order valence-corrected chi connectivity index (χ0v) is 11.9. The average molecular weight is 250 g/mol. The van der Waals surface area contributed by atoms with Crippen LogP contribution in [0.3, 0.4) is 0 Å². The van der Waals surface area contributed by atoms with Crippen LogP contribution in [0, 0.1) is 0 Å². The molecule has 0 spiro atoms. The Labute approximate surface area is 112 Å². The highest BCUT2D eigenvalue weighted by molar-refractivity contribution is 5.03. The van der Waals surface area contributed by atoms with Gasteiger partial charge in [0.05, 0.1) is 13.2 Å². The molecule has 0 amide bonds. The standard InChI is InChI=1S/C16H26O2/c1-6-11-17-16(18-12-7-2)13-15(5)10-8-9-14(3)4/h6-7,9,13,16H,1-2,8,10-12H2,3-5H3. The van der Waals surface area contributed by atoms with Gasteiger partial charge in [0.15, 0.2) is 6.29 Å². The van der Waals surface area contributed by atoms with Gasteiger partial charge in [-0.05, 0) is 39.7 Å². The SMILES string of the molecule is C=CCOC(C=C(C)CCC=C(C)C)OCC=C. The van der Waals surface area contributed by atoms with E-state index in [1.54, 1.807) is 12.2 Å². The van der Waals surface area contributed by atoms with Crippen molar-refractivity contribution in [2.24, 2.45) is 0 Å². The van der Waals surface area contributed by atoms with Crippen LogP contribution >= 0.6 is 0 Å². The van der Waals surface area contributed by atoms with E-state index in [9.17, 15) is 0 Å². The smallest absolute Gasteiger partial charge is 0.177 e. The molecular weight excluding hydrogens is 224 g/mol. The number of rotatable bonds is 10. The molecule has 0 bridgehead atoms. The first-order chi connectivity index (χ1) is 8.60. The van der Waals surface area contributed by atoms with Crippen molar-refractivity contribution in [1.82, 2.24) is 0 Å². The zero-order valence-electron chi connectivity index (χ0n) is 11.9. The van der Waals surface area contributed by atoms with Gasteiger partial charge in [-0.25, -0.2) is 0 Å². The van der Waals surface area contributed by atoms with Gasteiger partial charge in [-0.15, -0.1) is 13.2 Å². The molecule has 0 aromatic heterocycles. The van der Waals surface area contributed by atoms with Gasteiger partial charge in [0, 0.05) is 0 Å². The third-order valence-corrected chi connectivity index (χ3v) is 2.27. The molecule has 2 heteroatoms. The summed E-state index contributed by atoms with van der Waals surface area (Å²) in [5.74, 6) is 0. The predicted molar refractivity (Wildman–Crippen MR) is 78.5 cm³/mol. The molecule has 0 aliphatic carbocycles. The minimum Gasteiger partial charge on any atom is -0.345 e. The van der Waals surface area contributed by atoms with E-state index in [1.165, 1.54) is 11.1 Å². The molecule has 0 aliphatic heterocycles. The lowest BCUT2D eigenvalue weighted by Crippen LogP contribution is -2.15. The molecule has 18 heavy (non-hydrogen) atoms. The van der Waals surface area contributed by atoms with Crippen LogP contribution in [-0.4, -0.2) is 19.5 Å². The minimum absolute atomic E-state index is 0.312. The number of ether oxygens (including phenoxy) is 2. The molecule has 0 heterocycles. The van der Waals surface area contributed by atoms with E-state index in [2.05, 4.69) is 40.0 Å². The van der Waals surface area contributed by atoms with Gasteiger partial charge in [0.1, 0.15) is 0 Å². The predicted octanol–water partition coefficient (Wildman–Crippen LogP) is 4.41. The topological polar surface area (TPSA) is 18.5 Å². The molecule has 0 saturated carbocycles. The maximum absolute atomic E-state index is 5.51. The Bertz CT molecular complexity index is 284. The van der Waals surface area contributed by atoms with E-state index in [-0.39, 0.29) is 6.29 Å². The summed E-state index contributed by atoms with van der Waals surface area (Å²) >= 11 is 0. The van der Waals surface area contributed by atoms with Gasteiger partial charge in [0.2, 0.25) is 0 Å². The first-order valence-corrected chi connectivity index (χ1v) is 6.35. The first-order valence-electron chi connectivity index (χ1n) is 6.35. The zero-order chi connectivity index (χ0) is 13.8. The molecular formula is C16H26O2. The molecule has 0 saturated heterocycles.